The van der Waals surface area contributed by atoms with Crippen LogP contribution in [0.4, 0.5) is 14.5 Å². The van der Waals surface area contributed by atoms with Crippen molar-refractivity contribution in [2.75, 3.05) is 17.5 Å². The monoisotopic (exact) mass is 303 g/mol. The van der Waals surface area contributed by atoms with Gasteiger partial charge in [-0.3, -0.25) is 4.31 Å². The lowest BCUT2D eigenvalue weighted by molar-refractivity contribution is 0.126. The molecule has 0 bridgehead atoms. The van der Waals surface area contributed by atoms with Crippen molar-refractivity contribution in [2.24, 2.45) is 0 Å². The first kappa shape index (κ1) is 13.8. The Bertz CT molecular complexity index is 647. The van der Waals surface area contributed by atoms with Gasteiger partial charge in [0.25, 0.3) is 0 Å². The van der Waals surface area contributed by atoms with Crippen molar-refractivity contribution < 1.29 is 21.9 Å². The minimum Gasteiger partial charge on any atom is -0.377 e. The molecule has 0 aromatic heterocycles. The fourth-order valence-corrected chi connectivity index (χ4v) is 4.99. The van der Waals surface area contributed by atoms with Crippen molar-refractivity contribution >= 4 is 15.7 Å². The third kappa shape index (κ3) is 2.00. The maximum absolute atomic E-state index is 13.7. The Morgan fingerprint density at radius 1 is 1.35 bits per heavy atom. The molecule has 4 nitrogen and oxygen atoms in total. The molecule has 3 rings (SSSR count). The molecule has 0 aliphatic carbocycles. The Morgan fingerprint density at radius 3 is 2.75 bits per heavy atom. The van der Waals surface area contributed by atoms with Crippen LogP contribution in [0, 0.1) is 11.6 Å². The lowest BCUT2D eigenvalue weighted by Crippen LogP contribution is -2.41. The van der Waals surface area contributed by atoms with Gasteiger partial charge in [0.1, 0.15) is 16.9 Å². The summed E-state index contributed by atoms with van der Waals surface area (Å²) in [5.74, 6) is -1.45. The number of hydrogen-bond donors (Lipinski definition) is 0. The number of hydrogen-bond acceptors (Lipinski definition) is 3. The van der Waals surface area contributed by atoms with E-state index in [1.165, 1.54) is 0 Å². The Labute approximate surface area is 116 Å². The molecule has 2 aliphatic rings. The van der Waals surface area contributed by atoms with Gasteiger partial charge < -0.3 is 4.74 Å². The van der Waals surface area contributed by atoms with Crippen molar-refractivity contribution in [3.63, 3.8) is 0 Å². The van der Waals surface area contributed by atoms with E-state index < -0.39 is 33.0 Å². The number of fused-ring (bicyclic) bond motifs is 1. The van der Waals surface area contributed by atoms with Gasteiger partial charge in [0.05, 0.1) is 11.8 Å². The van der Waals surface area contributed by atoms with E-state index in [4.69, 9.17) is 4.74 Å². The molecule has 0 unspecified atom stereocenters. The standard InChI is InChI=1S/C13H15F2NO3S/c1-8-13(3-5-19-8)20(17,18)16-4-2-10-11(15)6-9(14)7-12(10)16/h6-8,13H,2-5H2,1H3/t8-,13-/m1/s1. The normalized spacial score (nSPS) is 26.1. The predicted molar refractivity (Wildman–Crippen MR) is 70.1 cm³/mol. The fourth-order valence-electron chi connectivity index (χ4n) is 2.92. The zero-order valence-corrected chi connectivity index (χ0v) is 11.8. The van der Waals surface area contributed by atoms with E-state index in [0.29, 0.717) is 13.0 Å². The number of sulfonamides is 1. The summed E-state index contributed by atoms with van der Waals surface area (Å²) >= 11 is 0. The summed E-state index contributed by atoms with van der Waals surface area (Å²) in [5, 5.41) is -0.653. The molecule has 7 heteroatoms. The lowest BCUT2D eigenvalue weighted by Gasteiger charge is -2.25. The molecule has 0 amide bonds. The molecule has 2 aliphatic heterocycles. The predicted octanol–water partition coefficient (Wildman–Crippen LogP) is 1.83. The summed E-state index contributed by atoms with van der Waals surface area (Å²) in [6.45, 7) is 2.25. The van der Waals surface area contributed by atoms with E-state index in [9.17, 15) is 17.2 Å². The number of halogens is 2. The van der Waals surface area contributed by atoms with E-state index in [1.54, 1.807) is 6.92 Å². The maximum Gasteiger partial charge on any atom is 0.240 e. The summed E-state index contributed by atoms with van der Waals surface area (Å²) in [6.07, 6.45) is 0.276. The molecule has 0 N–H and O–H groups in total. The third-order valence-electron chi connectivity index (χ3n) is 3.97. The average Bonchev–Trinajstić information content (AvgIpc) is 2.95. The second-order valence-electron chi connectivity index (χ2n) is 5.16. The van der Waals surface area contributed by atoms with Crippen molar-refractivity contribution in [3.05, 3.63) is 29.3 Å². The van der Waals surface area contributed by atoms with Gasteiger partial charge in [-0.2, -0.15) is 0 Å². The van der Waals surface area contributed by atoms with Gasteiger partial charge in [0.15, 0.2) is 0 Å². The molecule has 2 atom stereocenters. The molecular weight excluding hydrogens is 288 g/mol. The van der Waals surface area contributed by atoms with Gasteiger partial charge in [-0.25, -0.2) is 17.2 Å². The highest BCUT2D eigenvalue weighted by Crippen LogP contribution is 2.36. The van der Waals surface area contributed by atoms with Crippen LogP contribution in [0.15, 0.2) is 12.1 Å². The number of anilines is 1. The van der Waals surface area contributed by atoms with E-state index in [1.807, 2.05) is 0 Å². The molecule has 1 fully saturated rings. The topological polar surface area (TPSA) is 46.6 Å². The second kappa shape index (κ2) is 4.66. The van der Waals surface area contributed by atoms with Crippen molar-refractivity contribution in [1.29, 1.82) is 0 Å². The van der Waals surface area contributed by atoms with Crippen LogP contribution < -0.4 is 4.31 Å². The molecule has 1 aromatic carbocycles. The van der Waals surface area contributed by atoms with Crippen molar-refractivity contribution in [3.8, 4) is 0 Å². The number of benzene rings is 1. The lowest BCUT2D eigenvalue weighted by atomic mass is 10.1. The summed E-state index contributed by atoms with van der Waals surface area (Å²) in [4.78, 5) is 0. The van der Waals surface area contributed by atoms with E-state index in [-0.39, 0.29) is 24.2 Å². The highest BCUT2D eigenvalue weighted by molar-refractivity contribution is 7.93. The minimum absolute atomic E-state index is 0.126. The van der Waals surface area contributed by atoms with Crippen molar-refractivity contribution in [1.82, 2.24) is 0 Å². The van der Waals surface area contributed by atoms with E-state index >= 15 is 0 Å². The molecular formula is C13H15F2NO3S. The Kier molecular flexibility index (Phi) is 3.21. The zero-order chi connectivity index (χ0) is 14.5. The molecule has 20 heavy (non-hydrogen) atoms. The van der Waals surface area contributed by atoms with Crippen LogP contribution in [0.2, 0.25) is 0 Å². The van der Waals surface area contributed by atoms with E-state index in [2.05, 4.69) is 0 Å². The van der Waals surface area contributed by atoms with Gasteiger partial charge in [-0.05, 0) is 25.8 Å². The Hall–Kier alpha value is -1.21. The quantitative estimate of drug-likeness (QED) is 0.837. The summed E-state index contributed by atoms with van der Waals surface area (Å²) in [7, 11) is -3.66. The third-order valence-corrected chi connectivity index (χ3v) is 6.34. The smallest absolute Gasteiger partial charge is 0.240 e. The minimum atomic E-state index is -3.66. The summed E-state index contributed by atoms with van der Waals surface area (Å²) < 4.78 is 58.7. The maximum atomic E-state index is 13.7. The van der Waals surface area contributed by atoms with Crippen LogP contribution in [0.1, 0.15) is 18.9 Å². The van der Waals surface area contributed by atoms with Crippen LogP contribution >= 0.6 is 0 Å². The van der Waals surface area contributed by atoms with Crippen LogP contribution in [0.5, 0.6) is 0 Å². The van der Waals surface area contributed by atoms with Crippen LogP contribution in [0.3, 0.4) is 0 Å². The molecule has 2 heterocycles. The van der Waals surface area contributed by atoms with Crippen LogP contribution in [-0.4, -0.2) is 32.9 Å². The highest BCUT2D eigenvalue weighted by atomic mass is 32.2. The van der Waals surface area contributed by atoms with Gasteiger partial charge in [-0.1, -0.05) is 0 Å². The molecule has 1 aromatic rings. The Balaban J connectivity index is 2.02. The van der Waals surface area contributed by atoms with Crippen LogP contribution in [-0.2, 0) is 21.2 Å². The zero-order valence-electron chi connectivity index (χ0n) is 11.0. The van der Waals surface area contributed by atoms with E-state index in [0.717, 1.165) is 16.4 Å². The number of ether oxygens (including phenoxy) is 1. The highest BCUT2D eigenvalue weighted by Gasteiger charge is 2.42. The molecule has 1 saturated heterocycles. The van der Waals surface area contributed by atoms with Crippen LogP contribution in [0.25, 0.3) is 0 Å². The summed E-state index contributed by atoms with van der Waals surface area (Å²) in [6, 6.07) is 1.87. The SMILES string of the molecule is C[C@H]1OCC[C@H]1S(=O)(=O)N1CCc2c(F)cc(F)cc21. The Morgan fingerprint density at radius 2 is 2.10 bits per heavy atom. The van der Waals surface area contributed by atoms with Gasteiger partial charge in [0.2, 0.25) is 10.0 Å². The fraction of sp³-hybridized carbons (Fsp3) is 0.538. The average molecular weight is 303 g/mol. The van der Waals surface area contributed by atoms with Gasteiger partial charge >= 0.3 is 0 Å². The first-order valence-electron chi connectivity index (χ1n) is 6.52. The first-order chi connectivity index (χ1) is 9.41. The molecule has 0 saturated carbocycles. The van der Waals surface area contributed by atoms with Gasteiger partial charge in [-0.15, -0.1) is 0 Å². The molecule has 110 valence electrons. The number of rotatable bonds is 2. The molecule has 0 radical (unpaired) electrons. The first-order valence-corrected chi connectivity index (χ1v) is 8.02. The molecule has 0 spiro atoms. The number of nitrogens with zero attached hydrogens (tertiary/aromatic N) is 1. The summed E-state index contributed by atoms with van der Waals surface area (Å²) in [5.41, 5.74) is 0.392. The second-order valence-corrected chi connectivity index (χ2v) is 7.23. The van der Waals surface area contributed by atoms with Crippen molar-refractivity contribution in [2.45, 2.75) is 31.1 Å². The largest absolute Gasteiger partial charge is 0.377 e. The van der Waals surface area contributed by atoms with Gasteiger partial charge in [0, 0.05) is 24.8 Å².